The maximum atomic E-state index is 4.37. The zero-order valence-corrected chi connectivity index (χ0v) is 15.4. The molecule has 0 radical (unpaired) electrons. The van der Waals surface area contributed by atoms with Gasteiger partial charge in [0.2, 0.25) is 0 Å². The van der Waals surface area contributed by atoms with E-state index in [1.165, 1.54) is 5.56 Å². The quantitative estimate of drug-likeness (QED) is 0.676. The summed E-state index contributed by atoms with van der Waals surface area (Å²) < 4.78 is 2.85. The second-order valence-corrected chi connectivity index (χ2v) is 7.01. The number of piperazine rings is 1. The Kier molecular flexibility index (Phi) is 4.76. The molecule has 0 aliphatic carbocycles. The van der Waals surface area contributed by atoms with Gasteiger partial charge in [0, 0.05) is 49.6 Å². The minimum atomic E-state index is 0.738. The van der Waals surface area contributed by atoms with E-state index in [9.17, 15) is 0 Å². The van der Waals surface area contributed by atoms with E-state index in [1.807, 2.05) is 24.4 Å². The lowest BCUT2D eigenvalue weighted by Gasteiger charge is -2.35. The van der Waals surface area contributed by atoms with Crippen LogP contribution in [0.25, 0.3) is 5.82 Å². The number of benzene rings is 1. The Labute approximate surface area is 155 Å². The number of anilines is 1. The second kappa shape index (κ2) is 7.33. The van der Waals surface area contributed by atoms with E-state index in [-0.39, 0.29) is 0 Å². The molecule has 1 aromatic carbocycles. The highest BCUT2D eigenvalue weighted by molar-refractivity contribution is 9.10. The van der Waals surface area contributed by atoms with Gasteiger partial charge in [-0.25, -0.2) is 4.68 Å². The van der Waals surface area contributed by atoms with Gasteiger partial charge in [0.1, 0.15) is 0 Å². The predicted molar refractivity (Wildman–Crippen MR) is 101 cm³/mol. The van der Waals surface area contributed by atoms with Crippen LogP contribution in [-0.2, 0) is 6.54 Å². The monoisotopic (exact) mass is 398 g/mol. The third kappa shape index (κ3) is 3.88. The molecule has 3 aromatic rings. The first-order chi connectivity index (χ1) is 12.3. The third-order valence-electron chi connectivity index (χ3n) is 4.37. The first-order valence-corrected chi connectivity index (χ1v) is 9.13. The van der Waals surface area contributed by atoms with Gasteiger partial charge in [0.05, 0.1) is 0 Å². The predicted octanol–water partition coefficient (Wildman–Crippen LogP) is 2.75. The van der Waals surface area contributed by atoms with Crippen LogP contribution in [0.15, 0.2) is 59.3 Å². The van der Waals surface area contributed by atoms with Gasteiger partial charge in [-0.1, -0.05) is 28.1 Å². The normalized spacial score (nSPS) is 15.5. The number of nitrogens with zero attached hydrogens (tertiary/aromatic N) is 6. The number of rotatable bonds is 4. The van der Waals surface area contributed by atoms with Gasteiger partial charge in [-0.15, -0.1) is 10.2 Å². The van der Waals surface area contributed by atoms with Crippen LogP contribution in [0.1, 0.15) is 5.56 Å². The summed E-state index contributed by atoms with van der Waals surface area (Å²) >= 11 is 3.54. The molecule has 0 unspecified atom stereocenters. The van der Waals surface area contributed by atoms with Gasteiger partial charge >= 0.3 is 0 Å². The second-order valence-electron chi connectivity index (χ2n) is 6.09. The van der Waals surface area contributed by atoms with Crippen molar-refractivity contribution in [2.75, 3.05) is 31.1 Å². The van der Waals surface area contributed by atoms with E-state index in [0.29, 0.717) is 0 Å². The van der Waals surface area contributed by atoms with Crippen molar-refractivity contribution in [3.05, 3.63) is 64.9 Å². The molecule has 1 saturated heterocycles. The Hall–Kier alpha value is -2.25. The highest BCUT2D eigenvalue weighted by Gasteiger charge is 2.18. The summed E-state index contributed by atoms with van der Waals surface area (Å²) in [4.78, 5) is 4.76. The number of halogens is 1. The van der Waals surface area contributed by atoms with Gasteiger partial charge in [-0.05, 0) is 35.9 Å². The summed E-state index contributed by atoms with van der Waals surface area (Å²) in [6.45, 7) is 4.95. The lowest BCUT2D eigenvalue weighted by atomic mass is 10.2. The fourth-order valence-electron chi connectivity index (χ4n) is 3.04. The molecule has 1 aliphatic heterocycles. The van der Waals surface area contributed by atoms with Crippen molar-refractivity contribution in [2.45, 2.75) is 6.54 Å². The average molecular weight is 399 g/mol. The van der Waals surface area contributed by atoms with Gasteiger partial charge in [0.15, 0.2) is 11.6 Å². The zero-order valence-electron chi connectivity index (χ0n) is 13.8. The summed E-state index contributed by atoms with van der Waals surface area (Å²) in [6.07, 6.45) is 3.60. The van der Waals surface area contributed by atoms with Crippen LogP contribution in [0.3, 0.4) is 0 Å². The summed E-state index contributed by atoms with van der Waals surface area (Å²) in [7, 11) is 0. The van der Waals surface area contributed by atoms with Crippen molar-refractivity contribution in [1.29, 1.82) is 0 Å². The molecule has 4 rings (SSSR count). The molecule has 0 bridgehead atoms. The smallest absolute Gasteiger partial charge is 0.175 e. The fraction of sp³-hybridized carbons (Fsp3) is 0.278. The summed E-state index contributed by atoms with van der Waals surface area (Å²) in [6, 6.07) is 14.4. The molecule has 0 saturated carbocycles. The van der Waals surface area contributed by atoms with Crippen molar-refractivity contribution < 1.29 is 0 Å². The van der Waals surface area contributed by atoms with Crippen molar-refractivity contribution in [1.82, 2.24) is 24.9 Å². The van der Waals surface area contributed by atoms with E-state index >= 15 is 0 Å². The highest BCUT2D eigenvalue weighted by atomic mass is 79.9. The van der Waals surface area contributed by atoms with Crippen LogP contribution in [-0.4, -0.2) is 51.1 Å². The van der Waals surface area contributed by atoms with Crippen LogP contribution in [0, 0.1) is 0 Å². The molecule has 6 nitrogen and oxygen atoms in total. The molecule has 3 heterocycles. The zero-order chi connectivity index (χ0) is 17.1. The van der Waals surface area contributed by atoms with Gasteiger partial charge < -0.3 is 4.90 Å². The SMILES string of the molecule is Brc1cccc(CN2CCN(c3ccc(-n4cccn4)nn3)CC2)c1. The Balaban J connectivity index is 1.35. The molecule has 0 atom stereocenters. The van der Waals surface area contributed by atoms with E-state index in [2.05, 4.69) is 65.3 Å². The van der Waals surface area contributed by atoms with Crippen LogP contribution in [0.2, 0.25) is 0 Å². The van der Waals surface area contributed by atoms with Crippen molar-refractivity contribution in [3.63, 3.8) is 0 Å². The van der Waals surface area contributed by atoms with Crippen molar-refractivity contribution in [2.24, 2.45) is 0 Å². The maximum absolute atomic E-state index is 4.37. The molecule has 25 heavy (non-hydrogen) atoms. The first kappa shape index (κ1) is 16.2. The molecule has 7 heteroatoms. The molecular weight excluding hydrogens is 380 g/mol. The van der Waals surface area contributed by atoms with Crippen LogP contribution in [0.5, 0.6) is 0 Å². The van der Waals surface area contributed by atoms with Crippen LogP contribution in [0.4, 0.5) is 5.82 Å². The molecule has 0 spiro atoms. The molecule has 1 fully saturated rings. The van der Waals surface area contributed by atoms with Crippen LogP contribution >= 0.6 is 15.9 Å². The maximum Gasteiger partial charge on any atom is 0.175 e. The van der Waals surface area contributed by atoms with E-state index in [0.717, 1.165) is 48.8 Å². The molecule has 1 aliphatic rings. The molecular formula is C18H19BrN6. The van der Waals surface area contributed by atoms with E-state index < -0.39 is 0 Å². The number of hydrogen-bond acceptors (Lipinski definition) is 5. The van der Waals surface area contributed by atoms with Crippen molar-refractivity contribution in [3.8, 4) is 5.82 Å². The highest BCUT2D eigenvalue weighted by Crippen LogP contribution is 2.17. The fourth-order valence-corrected chi connectivity index (χ4v) is 3.49. The van der Waals surface area contributed by atoms with Crippen LogP contribution < -0.4 is 4.90 Å². The molecule has 0 amide bonds. The lowest BCUT2D eigenvalue weighted by molar-refractivity contribution is 0.249. The van der Waals surface area contributed by atoms with E-state index in [1.54, 1.807) is 10.9 Å². The minimum absolute atomic E-state index is 0.738. The average Bonchev–Trinajstić information content (AvgIpc) is 3.17. The van der Waals surface area contributed by atoms with Gasteiger partial charge in [0.25, 0.3) is 0 Å². The molecule has 0 N–H and O–H groups in total. The summed E-state index contributed by atoms with van der Waals surface area (Å²) in [5.74, 6) is 1.67. The molecule has 2 aromatic heterocycles. The van der Waals surface area contributed by atoms with E-state index in [4.69, 9.17) is 0 Å². The summed E-state index contributed by atoms with van der Waals surface area (Å²) in [5.41, 5.74) is 1.34. The Bertz CT molecular complexity index is 810. The van der Waals surface area contributed by atoms with Crippen molar-refractivity contribution >= 4 is 21.7 Å². The first-order valence-electron chi connectivity index (χ1n) is 8.33. The van der Waals surface area contributed by atoms with Gasteiger partial charge in [-0.2, -0.15) is 5.10 Å². The lowest BCUT2D eigenvalue weighted by Crippen LogP contribution is -2.46. The number of hydrogen-bond donors (Lipinski definition) is 0. The largest absolute Gasteiger partial charge is 0.353 e. The topological polar surface area (TPSA) is 50.1 Å². The van der Waals surface area contributed by atoms with Gasteiger partial charge in [-0.3, -0.25) is 4.90 Å². The Morgan fingerprint density at radius 1 is 0.920 bits per heavy atom. The summed E-state index contributed by atoms with van der Waals surface area (Å²) in [5, 5.41) is 12.8. The standard InChI is InChI=1S/C18H19BrN6/c19-16-4-1-3-15(13-16)14-23-9-11-24(12-10-23)17-5-6-18(22-21-17)25-8-2-7-20-25/h1-8,13H,9-12,14H2. The Morgan fingerprint density at radius 3 is 2.40 bits per heavy atom. The number of aromatic nitrogens is 4. The molecule has 128 valence electrons. The Morgan fingerprint density at radius 2 is 1.72 bits per heavy atom. The third-order valence-corrected chi connectivity index (χ3v) is 4.86. The minimum Gasteiger partial charge on any atom is -0.353 e.